The van der Waals surface area contributed by atoms with Gasteiger partial charge in [-0.05, 0) is 37.1 Å². The molecule has 2 saturated heterocycles. The van der Waals surface area contributed by atoms with Crippen LogP contribution in [0.25, 0.3) is 6.08 Å². The zero-order valence-corrected chi connectivity index (χ0v) is 12.7. The molecule has 3 heterocycles. The fraction of sp³-hybridized carbons (Fsp3) is 0.368. The third-order valence-electron chi connectivity index (χ3n) is 5.14. The average molecular weight is 292 g/mol. The smallest absolute Gasteiger partial charge is 0.136 e. The minimum Gasteiger partial charge on any atom is -0.456 e. The van der Waals surface area contributed by atoms with Crippen LogP contribution in [0, 0.1) is 0 Å². The van der Waals surface area contributed by atoms with Crippen molar-refractivity contribution in [2.45, 2.75) is 18.9 Å². The molecule has 2 fully saturated rings. The lowest BCUT2D eigenvalue weighted by atomic mass is 9.96. The lowest BCUT2D eigenvalue weighted by molar-refractivity contribution is 0.165. The highest BCUT2D eigenvalue weighted by molar-refractivity contribution is 5.73. The third-order valence-corrected chi connectivity index (χ3v) is 5.14. The van der Waals surface area contributed by atoms with E-state index in [1.807, 2.05) is 0 Å². The van der Waals surface area contributed by atoms with Gasteiger partial charge in [0.1, 0.15) is 11.5 Å². The van der Waals surface area contributed by atoms with Crippen LogP contribution in [0.5, 0.6) is 5.75 Å². The molecule has 22 heavy (non-hydrogen) atoms. The number of hydrogen-bond acceptors (Lipinski definition) is 3. The van der Waals surface area contributed by atoms with Gasteiger partial charge in [0.25, 0.3) is 0 Å². The van der Waals surface area contributed by atoms with Crippen LogP contribution in [0.3, 0.4) is 0 Å². The van der Waals surface area contributed by atoms with E-state index in [0.717, 1.165) is 11.5 Å². The summed E-state index contributed by atoms with van der Waals surface area (Å²) < 4.78 is 6.23. The van der Waals surface area contributed by atoms with Gasteiger partial charge in [0.15, 0.2) is 0 Å². The minimum absolute atomic E-state index is 0.404. The van der Waals surface area contributed by atoms with E-state index < -0.39 is 0 Å². The van der Waals surface area contributed by atoms with E-state index in [-0.39, 0.29) is 0 Å². The van der Waals surface area contributed by atoms with Crippen molar-refractivity contribution in [2.75, 3.05) is 31.1 Å². The second kappa shape index (κ2) is 4.75. The van der Waals surface area contributed by atoms with Crippen LogP contribution in [0.2, 0.25) is 0 Å². The highest BCUT2D eigenvalue weighted by atomic mass is 16.5. The van der Waals surface area contributed by atoms with E-state index in [9.17, 15) is 0 Å². The maximum Gasteiger partial charge on any atom is 0.136 e. The summed E-state index contributed by atoms with van der Waals surface area (Å²) in [6.07, 6.45) is 11.6. The zero-order valence-electron chi connectivity index (χ0n) is 12.7. The Labute approximate surface area is 131 Å². The van der Waals surface area contributed by atoms with E-state index in [1.165, 1.54) is 55.8 Å². The average Bonchev–Trinajstić information content (AvgIpc) is 2.41. The second-order valence-electron chi connectivity index (χ2n) is 6.53. The molecule has 1 unspecified atom stereocenters. The van der Waals surface area contributed by atoms with Crippen molar-refractivity contribution in [2.24, 2.45) is 0 Å². The minimum atomic E-state index is 0.404. The Morgan fingerprint density at radius 1 is 1.05 bits per heavy atom. The molecule has 0 radical (unpaired) electrons. The van der Waals surface area contributed by atoms with Crippen molar-refractivity contribution in [3.63, 3.8) is 0 Å². The fourth-order valence-corrected chi connectivity index (χ4v) is 3.46. The molecule has 3 nitrogen and oxygen atoms in total. The largest absolute Gasteiger partial charge is 0.456 e. The number of nitrogens with zero attached hydrogens (tertiary/aromatic N) is 2. The van der Waals surface area contributed by atoms with Crippen molar-refractivity contribution in [1.29, 1.82) is 0 Å². The third kappa shape index (κ3) is 1.92. The van der Waals surface area contributed by atoms with Gasteiger partial charge in [-0.1, -0.05) is 12.2 Å². The first kappa shape index (κ1) is 12.5. The van der Waals surface area contributed by atoms with Gasteiger partial charge in [-0.25, -0.2) is 0 Å². The molecule has 0 N–H and O–H groups in total. The molecule has 1 aromatic rings. The van der Waals surface area contributed by atoms with Gasteiger partial charge in [-0.15, -0.1) is 0 Å². The number of allylic oxidation sites excluding steroid dienone is 1. The van der Waals surface area contributed by atoms with Gasteiger partial charge >= 0.3 is 0 Å². The Hall–Kier alpha value is -2.00. The Morgan fingerprint density at radius 2 is 1.91 bits per heavy atom. The van der Waals surface area contributed by atoms with Crippen molar-refractivity contribution in [1.82, 2.24) is 4.90 Å². The van der Waals surface area contributed by atoms with Gasteiger partial charge in [-0.2, -0.15) is 0 Å². The van der Waals surface area contributed by atoms with Gasteiger partial charge in [0.2, 0.25) is 0 Å². The van der Waals surface area contributed by atoms with Gasteiger partial charge in [-0.3, -0.25) is 4.90 Å². The summed E-state index contributed by atoms with van der Waals surface area (Å²) in [5.74, 6) is 2.02. The predicted octanol–water partition coefficient (Wildman–Crippen LogP) is 3.20. The van der Waals surface area contributed by atoms with Crippen LogP contribution in [-0.2, 0) is 0 Å². The molecule has 0 saturated carbocycles. The van der Waals surface area contributed by atoms with E-state index >= 15 is 0 Å². The molecule has 1 aliphatic carbocycles. The predicted molar refractivity (Wildman–Crippen MR) is 89.1 cm³/mol. The van der Waals surface area contributed by atoms with Gasteiger partial charge in [0.05, 0.1) is 6.04 Å². The van der Waals surface area contributed by atoms with Crippen molar-refractivity contribution >= 4 is 11.8 Å². The molecule has 0 spiro atoms. The summed E-state index contributed by atoms with van der Waals surface area (Å²) in [7, 11) is 0. The SMILES string of the molecule is C1=CC(N2CCC2)C=C2Oc3cc(N4CCC4)ccc3C=C12. The Morgan fingerprint density at radius 3 is 2.64 bits per heavy atom. The molecule has 1 aromatic carbocycles. The summed E-state index contributed by atoms with van der Waals surface area (Å²) in [6, 6.07) is 6.99. The molecule has 3 heteroatoms. The summed E-state index contributed by atoms with van der Waals surface area (Å²) in [6.45, 7) is 4.74. The van der Waals surface area contributed by atoms with Crippen molar-refractivity contribution in [3.05, 3.63) is 53.3 Å². The molecular formula is C19H20N2O. The summed E-state index contributed by atoms with van der Waals surface area (Å²) in [4.78, 5) is 4.89. The maximum atomic E-state index is 6.23. The van der Waals surface area contributed by atoms with E-state index in [0.29, 0.717) is 6.04 Å². The Kier molecular flexibility index (Phi) is 2.71. The molecule has 112 valence electrons. The van der Waals surface area contributed by atoms with Crippen molar-refractivity contribution < 1.29 is 4.74 Å². The van der Waals surface area contributed by atoms with E-state index in [2.05, 4.69) is 52.3 Å². The van der Waals surface area contributed by atoms with Crippen LogP contribution in [0.1, 0.15) is 18.4 Å². The number of rotatable bonds is 2. The van der Waals surface area contributed by atoms with Crippen LogP contribution in [0.4, 0.5) is 5.69 Å². The molecule has 0 bridgehead atoms. The van der Waals surface area contributed by atoms with Crippen LogP contribution in [-0.4, -0.2) is 37.1 Å². The first-order valence-corrected chi connectivity index (χ1v) is 8.30. The van der Waals surface area contributed by atoms with Gasteiger partial charge in [0, 0.05) is 49.1 Å². The Bertz CT molecular complexity index is 708. The molecule has 4 aliphatic rings. The molecule has 3 aliphatic heterocycles. The molecule has 5 rings (SSSR count). The number of benzene rings is 1. The number of ether oxygens (including phenoxy) is 1. The first-order chi connectivity index (χ1) is 10.9. The highest BCUT2D eigenvalue weighted by Gasteiger charge is 2.26. The first-order valence-electron chi connectivity index (χ1n) is 8.30. The Balaban J connectivity index is 1.47. The second-order valence-corrected chi connectivity index (χ2v) is 6.53. The van der Waals surface area contributed by atoms with E-state index in [1.54, 1.807) is 0 Å². The molecular weight excluding hydrogens is 272 g/mol. The monoisotopic (exact) mass is 292 g/mol. The number of hydrogen-bond donors (Lipinski definition) is 0. The molecule has 0 aromatic heterocycles. The topological polar surface area (TPSA) is 15.7 Å². The number of fused-ring (bicyclic) bond motifs is 2. The maximum absolute atomic E-state index is 6.23. The van der Waals surface area contributed by atoms with Crippen LogP contribution in [0.15, 0.2) is 47.8 Å². The van der Waals surface area contributed by atoms with E-state index in [4.69, 9.17) is 4.74 Å². The molecule has 0 amide bonds. The highest BCUT2D eigenvalue weighted by Crippen LogP contribution is 2.38. The standard InChI is InChI=1S/C19H20N2O/c1-7-20(8-1)16-5-3-14-11-15-4-6-17(21-9-2-10-21)13-19(15)22-18(14)12-16/h3-6,11-13,16H,1-2,7-10H2. The summed E-state index contributed by atoms with van der Waals surface area (Å²) in [5.41, 5.74) is 3.66. The van der Waals surface area contributed by atoms with Gasteiger partial charge < -0.3 is 9.64 Å². The fourth-order valence-electron chi connectivity index (χ4n) is 3.46. The lowest BCUT2D eigenvalue weighted by Crippen LogP contribution is -2.44. The van der Waals surface area contributed by atoms with Crippen molar-refractivity contribution in [3.8, 4) is 5.75 Å². The summed E-state index contributed by atoms with van der Waals surface area (Å²) in [5, 5.41) is 0. The summed E-state index contributed by atoms with van der Waals surface area (Å²) >= 11 is 0. The lowest BCUT2D eigenvalue weighted by Gasteiger charge is -2.37. The van der Waals surface area contributed by atoms with Crippen LogP contribution >= 0.6 is 0 Å². The zero-order chi connectivity index (χ0) is 14.5. The quantitative estimate of drug-likeness (QED) is 0.832. The normalized spacial score (nSPS) is 26.0. The number of anilines is 1. The van der Waals surface area contributed by atoms with Crippen LogP contribution < -0.4 is 9.64 Å². The molecule has 1 atom stereocenters. The number of likely N-dealkylation sites (tertiary alicyclic amines) is 1.